The molecule has 1 aliphatic rings. The molecule has 1 fully saturated rings. The minimum Gasteiger partial charge on any atom is -0.459 e. The van der Waals surface area contributed by atoms with Gasteiger partial charge in [0, 0.05) is 12.1 Å². The van der Waals surface area contributed by atoms with Crippen LogP contribution in [0, 0.1) is 6.92 Å². The lowest BCUT2D eigenvalue weighted by atomic mass is 9.97. The van der Waals surface area contributed by atoms with Gasteiger partial charge in [-0.05, 0) is 52.2 Å². The van der Waals surface area contributed by atoms with Gasteiger partial charge >= 0.3 is 0 Å². The van der Waals surface area contributed by atoms with Crippen molar-refractivity contribution in [2.45, 2.75) is 58.5 Å². The van der Waals surface area contributed by atoms with Crippen molar-refractivity contribution in [2.24, 2.45) is 0 Å². The molecule has 0 unspecified atom stereocenters. The molecule has 0 saturated carbocycles. The minimum atomic E-state index is 0.127. The highest BCUT2D eigenvalue weighted by Crippen LogP contribution is 2.26. The Balaban J connectivity index is 1.76. The van der Waals surface area contributed by atoms with E-state index in [1.807, 2.05) is 11.8 Å². The predicted octanol–water partition coefficient (Wildman–Crippen LogP) is 3.58. The van der Waals surface area contributed by atoms with Crippen LogP contribution in [0.5, 0.6) is 0 Å². The summed E-state index contributed by atoms with van der Waals surface area (Å²) in [6.07, 6.45) is 5.20. The smallest absolute Gasteiger partial charge is 0.263 e. The monoisotopic (exact) mass is 302 g/mol. The molecule has 0 N–H and O–H groups in total. The van der Waals surface area contributed by atoms with Crippen molar-refractivity contribution in [3.05, 3.63) is 29.9 Å². The molecule has 0 spiro atoms. The Bertz CT molecular complexity index is 635. The molecule has 0 aromatic carbocycles. The van der Waals surface area contributed by atoms with Crippen LogP contribution in [0.3, 0.4) is 0 Å². The number of carbonyl (C=O) groups excluding carboxylic acids is 1. The lowest BCUT2D eigenvalue weighted by Gasteiger charge is -2.39. The Morgan fingerprint density at radius 2 is 2.09 bits per heavy atom. The van der Waals surface area contributed by atoms with E-state index in [0.717, 1.165) is 12.8 Å². The molecule has 0 bridgehead atoms. The number of aromatic nitrogens is 1. The first-order chi connectivity index (χ1) is 10.6. The van der Waals surface area contributed by atoms with Crippen molar-refractivity contribution in [3.8, 4) is 11.7 Å². The van der Waals surface area contributed by atoms with Crippen LogP contribution in [0.4, 0.5) is 0 Å². The summed E-state index contributed by atoms with van der Waals surface area (Å²) in [7, 11) is 0. The van der Waals surface area contributed by atoms with Crippen molar-refractivity contribution in [1.82, 2.24) is 9.88 Å². The third kappa shape index (κ3) is 2.80. The van der Waals surface area contributed by atoms with E-state index >= 15 is 0 Å². The lowest BCUT2D eigenvalue weighted by Crippen LogP contribution is -2.48. The average Bonchev–Trinajstić information content (AvgIpc) is 3.09. The van der Waals surface area contributed by atoms with Gasteiger partial charge in [-0.25, -0.2) is 4.98 Å². The van der Waals surface area contributed by atoms with Crippen LogP contribution in [0.1, 0.15) is 44.6 Å². The first-order valence-corrected chi connectivity index (χ1v) is 7.87. The normalized spacial score (nSPS) is 22.0. The molecule has 5 heteroatoms. The minimum absolute atomic E-state index is 0.127. The van der Waals surface area contributed by atoms with Crippen molar-refractivity contribution >= 4 is 5.91 Å². The second kappa shape index (κ2) is 5.99. The molecule has 2 aromatic heterocycles. The maximum atomic E-state index is 12.7. The third-order valence-electron chi connectivity index (χ3n) is 4.42. The number of likely N-dealkylation sites (tertiary alicyclic amines) is 1. The second-order valence-corrected chi connectivity index (χ2v) is 6.11. The summed E-state index contributed by atoms with van der Waals surface area (Å²) in [4.78, 5) is 19.1. The van der Waals surface area contributed by atoms with E-state index in [1.54, 1.807) is 18.4 Å². The van der Waals surface area contributed by atoms with Crippen LogP contribution in [-0.2, 0) is 11.2 Å². The van der Waals surface area contributed by atoms with E-state index in [0.29, 0.717) is 35.2 Å². The first kappa shape index (κ1) is 14.9. The number of oxazole rings is 1. The van der Waals surface area contributed by atoms with Crippen LogP contribution < -0.4 is 0 Å². The van der Waals surface area contributed by atoms with Gasteiger partial charge in [0.1, 0.15) is 5.76 Å². The first-order valence-electron chi connectivity index (χ1n) is 7.87. The molecule has 1 aliphatic heterocycles. The molecule has 3 rings (SSSR count). The van der Waals surface area contributed by atoms with Crippen LogP contribution in [0.15, 0.2) is 27.2 Å². The molecular weight excluding hydrogens is 280 g/mol. The summed E-state index contributed by atoms with van der Waals surface area (Å²) in [5.41, 5.74) is 0.696. The van der Waals surface area contributed by atoms with Crippen LogP contribution in [0.25, 0.3) is 11.7 Å². The third-order valence-corrected chi connectivity index (χ3v) is 4.42. The quantitative estimate of drug-likeness (QED) is 0.869. The molecule has 5 nitrogen and oxygen atoms in total. The Hall–Kier alpha value is -2.04. The molecule has 22 heavy (non-hydrogen) atoms. The second-order valence-electron chi connectivity index (χ2n) is 6.11. The lowest BCUT2D eigenvalue weighted by molar-refractivity contribution is -0.136. The molecular formula is C17H22N2O3. The molecule has 118 valence electrons. The number of rotatable bonds is 3. The number of nitrogens with zero attached hydrogens (tertiary/aromatic N) is 2. The zero-order valence-corrected chi connectivity index (χ0v) is 13.3. The van der Waals surface area contributed by atoms with Crippen LogP contribution in [0.2, 0.25) is 0 Å². The van der Waals surface area contributed by atoms with Crippen LogP contribution in [-0.4, -0.2) is 27.9 Å². The van der Waals surface area contributed by atoms with Gasteiger partial charge in [0.05, 0.1) is 18.4 Å². The van der Waals surface area contributed by atoms with Gasteiger partial charge in [-0.3, -0.25) is 4.79 Å². The largest absolute Gasteiger partial charge is 0.459 e. The number of hydrogen-bond acceptors (Lipinski definition) is 4. The summed E-state index contributed by atoms with van der Waals surface area (Å²) in [6.45, 7) is 6.08. The Morgan fingerprint density at radius 3 is 2.73 bits per heavy atom. The summed E-state index contributed by atoms with van der Waals surface area (Å²) in [5, 5.41) is 0. The van der Waals surface area contributed by atoms with Gasteiger partial charge in [-0.15, -0.1) is 0 Å². The Labute approximate surface area is 130 Å². The van der Waals surface area contributed by atoms with Crippen LogP contribution >= 0.6 is 0 Å². The zero-order valence-electron chi connectivity index (χ0n) is 13.3. The van der Waals surface area contributed by atoms with E-state index in [9.17, 15) is 4.79 Å². The summed E-state index contributed by atoms with van der Waals surface area (Å²) in [5.74, 6) is 1.82. The van der Waals surface area contributed by atoms with Gasteiger partial charge < -0.3 is 13.7 Å². The van der Waals surface area contributed by atoms with E-state index in [4.69, 9.17) is 8.83 Å². The van der Waals surface area contributed by atoms with E-state index < -0.39 is 0 Å². The Kier molecular flexibility index (Phi) is 4.05. The van der Waals surface area contributed by atoms with Gasteiger partial charge in [0.25, 0.3) is 5.89 Å². The summed E-state index contributed by atoms with van der Waals surface area (Å²) >= 11 is 0. The molecule has 0 aliphatic carbocycles. The van der Waals surface area contributed by atoms with Crippen molar-refractivity contribution in [3.63, 3.8) is 0 Å². The van der Waals surface area contributed by atoms with Gasteiger partial charge in [-0.2, -0.15) is 0 Å². The van der Waals surface area contributed by atoms with E-state index in [2.05, 4.69) is 18.8 Å². The number of furan rings is 1. The maximum absolute atomic E-state index is 12.7. The summed E-state index contributed by atoms with van der Waals surface area (Å²) in [6, 6.07) is 4.18. The molecule has 3 heterocycles. The fourth-order valence-electron chi connectivity index (χ4n) is 3.25. The number of piperidine rings is 1. The molecule has 1 saturated heterocycles. The molecule has 1 amide bonds. The number of hydrogen-bond donors (Lipinski definition) is 0. The van der Waals surface area contributed by atoms with Crippen molar-refractivity contribution < 1.29 is 13.6 Å². The fourth-order valence-corrected chi connectivity index (χ4v) is 3.25. The fraction of sp³-hybridized carbons (Fsp3) is 0.529. The van der Waals surface area contributed by atoms with Crippen molar-refractivity contribution in [1.29, 1.82) is 0 Å². The van der Waals surface area contributed by atoms with Gasteiger partial charge in [0.15, 0.2) is 5.76 Å². The highest BCUT2D eigenvalue weighted by Gasteiger charge is 2.30. The summed E-state index contributed by atoms with van der Waals surface area (Å²) < 4.78 is 10.9. The SMILES string of the molecule is Cc1oc(-c2ccco2)nc1CC(=O)N1[C@@H](C)CCC[C@@H]1C. The van der Waals surface area contributed by atoms with Crippen molar-refractivity contribution in [2.75, 3.05) is 0 Å². The predicted molar refractivity (Wildman–Crippen MR) is 82.3 cm³/mol. The molecule has 2 atom stereocenters. The average molecular weight is 302 g/mol. The van der Waals surface area contributed by atoms with E-state index in [-0.39, 0.29) is 12.3 Å². The van der Waals surface area contributed by atoms with Gasteiger partial charge in [-0.1, -0.05) is 0 Å². The number of carbonyl (C=O) groups is 1. The Morgan fingerprint density at radius 1 is 1.36 bits per heavy atom. The highest BCUT2D eigenvalue weighted by atomic mass is 16.4. The zero-order chi connectivity index (χ0) is 15.7. The molecule has 2 aromatic rings. The number of aryl methyl sites for hydroxylation is 1. The van der Waals surface area contributed by atoms with E-state index in [1.165, 1.54) is 6.42 Å². The molecule has 0 radical (unpaired) electrons. The maximum Gasteiger partial charge on any atom is 0.263 e. The number of amides is 1. The highest BCUT2D eigenvalue weighted by molar-refractivity contribution is 5.79. The standard InChI is InChI=1S/C17H22N2O3/c1-11-6-4-7-12(2)19(11)16(20)10-14-13(3)22-17(18-14)15-8-5-9-21-15/h5,8-9,11-12H,4,6-7,10H2,1-3H3/t11-,12-/m0/s1. The topological polar surface area (TPSA) is 59.5 Å². The van der Waals surface area contributed by atoms with Gasteiger partial charge in [0.2, 0.25) is 5.91 Å².